The zero-order valence-corrected chi connectivity index (χ0v) is 16.9. The molecule has 0 bridgehead atoms. The van der Waals surface area contributed by atoms with E-state index in [2.05, 4.69) is 93.5 Å². The number of hydrogen-bond donors (Lipinski definition) is 1. The van der Waals surface area contributed by atoms with Gasteiger partial charge in [-0.3, -0.25) is 4.90 Å². The average Bonchev–Trinajstić information content (AvgIpc) is 2.82. The molecule has 2 aliphatic rings. The van der Waals surface area contributed by atoms with E-state index in [9.17, 15) is 0 Å². The second-order valence-corrected chi connectivity index (χ2v) is 8.93. The van der Waals surface area contributed by atoms with E-state index >= 15 is 0 Å². The van der Waals surface area contributed by atoms with Crippen LogP contribution in [0.15, 0.2) is 54.6 Å². The Hall–Kier alpha value is -1.74. The zero-order valence-electron chi connectivity index (χ0n) is 16.9. The summed E-state index contributed by atoms with van der Waals surface area (Å²) in [5.41, 5.74) is 3.94. The van der Waals surface area contributed by atoms with Crippen molar-refractivity contribution in [3.8, 4) is 0 Å². The van der Waals surface area contributed by atoms with Crippen LogP contribution in [0.4, 0.5) is 5.69 Å². The molecule has 138 valence electrons. The third-order valence-corrected chi connectivity index (χ3v) is 5.65. The van der Waals surface area contributed by atoms with Gasteiger partial charge in [0, 0.05) is 17.8 Å². The number of hydrogen-bond acceptors (Lipinski definition) is 2. The number of nitrogens with zero attached hydrogens (tertiary/aromatic N) is 1. The molecule has 0 aromatic heterocycles. The molecule has 1 N–H and O–H groups in total. The lowest BCUT2D eigenvalue weighted by atomic mass is 9.70. The van der Waals surface area contributed by atoms with Crippen molar-refractivity contribution in [2.24, 2.45) is 0 Å². The standard InChI is InChI=1S/C23H33BN2/c1-22(2,26-16-5-4-6-17-26)18-25-21-11-9-20(10-12-21)19-8-7-14-23(3,24)15-13-19/h7-15,25H,4-6,16-18,24H2,1-3H3. The second kappa shape index (κ2) is 7.88. The van der Waals surface area contributed by atoms with Gasteiger partial charge in [0.15, 0.2) is 0 Å². The molecule has 1 saturated heterocycles. The topological polar surface area (TPSA) is 15.3 Å². The fourth-order valence-electron chi connectivity index (χ4n) is 3.72. The molecular formula is C23H33BN2. The van der Waals surface area contributed by atoms with Gasteiger partial charge in [-0.25, -0.2) is 0 Å². The third-order valence-electron chi connectivity index (χ3n) is 5.65. The third kappa shape index (κ3) is 4.91. The Morgan fingerprint density at radius 3 is 2.46 bits per heavy atom. The molecule has 1 aromatic carbocycles. The molecule has 1 atom stereocenters. The summed E-state index contributed by atoms with van der Waals surface area (Å²) in [4.78, 5) is 2.63. The zero-order chi connectivity index (χ0) is 18.6. The van der Waals surface area contributed by atoms with E-state index < -0.39 is 0 Å². The fourth-order valence-corrected chi connectivity index (χ4v) is 3.72. The molecule has 1 aromatic rings. The van der Waals surface area contributed by atoms with Crippen molar-refractivity contribution in [3.63, 3.8) is 0 Å². The van der Waals surface area contributed by atoms with Crippen LogP contribution in [0.2, 0.25) is 5.31 Å². The number of likely N-dealkylation sites (tertiary alicyclic amines) is 1. The van der Waals surface area contributed by atoms with Crippen LogP contribution < -0.4 is 5.32 Å². The number of allylic oxidation sites excluding steroid dienone is 6. The smallest absolute Gasteiger partial charge is 0.119 e. The first kappa shape index (κ1) is 19.0. The summed E-state index contributed by atoms with van der Waals surface area (Å²) in [7, 11) is 2.23. The van der Waals surface area contributed by atoms with Gasteiger partial charge in [0.2, 0.25) is 0 Å². The summed E-state index contributed by atoms with van der Waals surface area (Å²) in [6, 6.07) is 8.85. The first-order valence-electron chi connectivity index (χ1n) is 10.0. The van der Waals surface area contributed by atoms with Crippen molar-refractivity contribution in [3.05, 3.63) is 60.2 Å². The molecule has 1 unspecified atom stereocenters. The lowest BCUT2D eigenvalue weighted by Crippen LogP contribution is -2.50. The van der Waals surface area contributed by atoms with E-state index in [4.69, 9.17) is 0 Å². The first-order valence-corrected chi connectivity index (χ1v) is 10.0. The maximum Gasteiger partial charge on any atom is 0.119 e. The van der Waals surface area contributed by atoms with Gasteiger partial charge in [-0.1, -0.05) is 55.9 Å². The minimum Gasteiger partial charge on any atom is -0.383 e. The summed E-state index contributed by atoms with van der Waals surface area (Å²) in [5.74, 6) is 0. The predicted octanol–water partition coefficient (Wildman–Crippen LogP) is 4.68. The molecule has 0 amide bonds. The van der Waals surface area contributed by atoms with Crippen LogP contribution in [0.25, 0.3) is 5.57 Å². The summed E-state index contributed by atoms with van der Waals surface area (Å²) in [6.07, 6.45) is 15.2. The summed E-state index contributed by atoms with van der Waals surface area (Å²) in [6.45, 7) is 10.4. The monoisotopic (exact) mass is 348 g/mol. The van der Waals surface area contributed by atoms with Crippen molar-refractivity contribution in [1.29, 1.82) is 0 Å². The Balaban J connectivity index is 1.61. The number of anilines is 1. The quantitative estimate of drug-likeness (QED) is 0.777. The molecule has 3 heteroatoms. The van der Waals surface area contributed by atoms with E-state index in [1.54, 1.807) is 0 Å². The second-order valence-electron chi connectivity index (χ2n) is 8.93. The van der Waals surface area contributed by atoms with Crippen LogP contribution in [0.3, 0.4) is 0 Å². The molecule has 1 heterocycles. The van der Waals surface area contributed by atoms with Crippen molar-refractivity contribution in [2.75, 3.05) is 25.0 Å². The Morgan fingerprint density at radius 2 is 1.77 bits per heavy atom. The number of rotatable bonds is 5. The van der Waals surface area contributed by atoms with Gasteiger partial charge in [-0.15, -0.1) is 0 Å². The van der Waals surface area contributed by atoms with Gasteiger partial charge in [-0.2, -0.15) is 0 Å². The minimum absolute atomic E-state index is 0.125. The molecule has 26 heavy (non-hydrogen) atoms. The highest BCUT2D eigenvalue weighted by Gasteiger charge is 2.27. The van der Waals surface area contributed by atoms with Crippen LogP contribution in [0.5, 0.6) is 0 Å². The maximum atomic E-state index is 3.64. The summed E-state index contributed by atoms with van der Waals surface area (Å²) < 4.78 is 0. The highest BCUT2D eigenvalue weighted by atomic mass is 15.2. The SMILES string of the molecule is BC1(C)C=CC=C(c2ccc(NCC(C)(C)N3CCCCC3)cc2)C=C1. The highest BCUT2D eigenvalue weighted by molar-refractivity contribution is 6.18. The molecule has 0 radical (unpaired) electrons. The highest BCUT2D eigenvalue weighted by Crippen LogP contribution is 2.30. The van der Waals surface area contributed by atoms with E-state index in [-0.39, 0.29) is 10.9 Å². The molecule has 1 fully saturated rings. The minimum atomic E-state index is 0.125. The number of piperidine rings is 1. The number of nitrogens with one attached hydrogen (secondary N) is 1. The van der Waals surface area contributed by atoms with E-state index in [0.717, 1.165) is 6.54 Å². The van der Waals surface area contributed by atoms with Crippen LogP contribution in [-0.2, 0) is 0 Å². The molecule has 3 rings (SSSR count). The lowest BCUT2D eigenvalue weighted by molar-refractivity contribution is 0.106. The molecule has 0 spiro atoms. The van der Waals surface area contributed by atoms with Gasteiger partial charge in [0.05, 0.1) is 0 Å². The van der Waals surface area contributed by atoms with E-state index in [1.807, 2.05) is 0 Å². The van der Waals surface area contributed by atoms with Crippen LogP contribution >= 0.6 is 0 Å². The molecule has 1 aliphatic heterocycles. The lowest BCUT2D eigenvalue weighted by Gasteiger charge is -2.41. The van der Waals surface area contributed by atoms with Gasteiger partial charge < -0.3 is 5.32 Å². The van der Waals surface area contributed by atoms with Crippen molar-refractivity contribution >= 4 is 19.1 Å². The Labute approximate surface area is 160 Å². The van der Waals surface area contributed by atoms with Gasteiger partial charge in [-0.05, 0) is 68.4 Å². The first-order chi connectivity index (χ1) is 12.4. The van der Waals surface area contributed by atoms with Crippen LogP contribution in [0.1, 0.15) is 45.6 Å². The molecule has 2 nitrogen and oxygen atoms in total. The normalized spacial score (nSPS) is 24.2. The van der Waals surface area contributed by atoms with Gasteiger partial charge in [0.1, 0.15) is 7.85 Å². The van der Waals surface area contributed by atoms with Gasteiger partial charge >= 0.3 is 0 Å². The average molecular weight is 348 g/mol. The Bertz CT molecular complexity index is 689. The van der Waals surface area contributed by atoms with E-state index in [0.29, 0.717) is 0 Å². The summed E-state index contributed by atoms with van der Waals surface area (Å²) in [5, 5.41) is 3.77. The molecular weight excluding hydrogens is 315 g/mol. The Kier molecular flexibility index (Phi) is 5.77. The van der Waals surface area contributed by atoms with E-state index in [1.165, 1.54) is 49.2 Å². The largest absolute Gasteiger partial charge is 0.383 e. The van der Waals surface area contributed by atoms with Crippen LogP contribution in [0, 0.1) is 0 Å². The van der Waals surface area contributed by atoms with Crippen LogP contribution in [-0.4, -0.2) is 37.9 Å². The Morgan fingerprint density at radius 1 is 1.08 bits per heavy atom. The molecule has 0 saturated carbocycles. The fraction of sp³-hybridized carbons (Fsp3) is 0.478. The van der Waals surface area contributed by atoms with Gasteiger partial charge in [0.25, 0.3) is 0 Å². The molecule has 1 aliphatic carbocycles. The summed E-state index contributed by atoms with van der Waals surface area (Å²) >= 11 is 0. The predicted molar refractivity (Wildman–Crippen MR) is 118 cm³/mol. The number of benzene rings is 1. The van der Waals surface area contributed by atoms with Crippen molar-refractivity contribution in [1.82, 2.24) is 4.90 Å². The van der Waals surface area contributed by atoms with Crippen molar-refractivity contribution < 1.29 is 0 Å². The van der Waals surface area contributed by atoms with Crippen molar-refractivity contribution in [2.45, 2.75) is 50.9 Å². The maximum absolute atomic E-state index is 3.64.